The SMILES string of the molecule is O=C1CC(C2CCCC2)=NN1c1cccnn1. The molecule has 0 radical (unpaired) electrons. The van der Waals surface area contributed by atoms with Crippen LogP contribution < -0.4 is 5.01 Å². The van der Waals surface area contributed by atoms with Gasteiger partial charge in [-0.05, 0) is 30.9 Å². The second-order valence-electron chi connectivity index (χ2n) is 4.54. The van der Waals surface area contributed by atoms with E-state index in [2.05, 4.69) is 15.3 Å². The van der Waals surface area contributed by atoms with E-state index in [1.54, 1.807) is 18.3 Å². The van der Waals surface area contributed by atoms with Gasteiger partial charge in [0.05, 0.1) is 12.1 Å². The normalized spacial score (nSPS) is 21.1. The Balaban J connectivity index is 1.84. The van der Waals surface area contributed by atoms with Crippen molar-refractivity contribution in [2.45, 2.75) is 32.1 Å². The summed E-state index contributed by atoms with van der Waals surface area (Å²) in [6.45, 7) is 0. The van der Waals surface area contributed by atoms with Crippen LogP contribution in [-0.4, -0.2) is 21.8 Å². The molecule has 0 bridgehead atoms. The summed E-state index contributed by atoms with van der Waals surface area (Å²) in [5.41, 5.74) is 1.03. The van der Waals surface area contributed by atoms with Crippen molar-refractivity contribution >= 4 is 17.4 Å². The van der Waals surface area contributed by atoms with Gasteiger partial charge >= 0.3 is 0 Å². The number of carbonyl (C=O) groups excluding carboxylic acids is 1. The van der Waals surface area contributed by atoms with Gasteiger partial charge in [0.25, 0.3) is 5.91 Å². The molecule has 2 heterocycles. The molecule has 1 aromatic heterocycles. The number of hydrogen-bond donors (Lipinski definition) is 0. The average Bonchev–Trinajstić information content (AvgIpc) is 2.99. The van der Waals surface area contributed by atoms with Gasteiger partial charge in [-0.15, -0.1) is 5.10 Å². The zero-order valence-electron chi connectivity index (χ0n) is 9.54. The van der Waals surface area contributed by atoms with Crippen LogP contribution in [0.2, 0.25) is 0 Å². The van der Waals surface area contributed by atoms with Gasteiger partial charge in [-0.25, -0.2) is 0 Å². The van der Waals surface area contributed by atoms with E-state index in [0.717, 1.165) is 5.71 Å². The molecule has 5 heteroatoms. The molecule has 3 rings (SSSR count). The van der Waals surface area contributed by atoms with Crippen LogP contribution in [0.4, 0.5) is 5.82 Å². The molecule has 0 spiro atoms. The molecular formula is C12H14N4O. The summed E-state index contributed by atoms with van der Waals surface area (Å²) in [7, 11) is 0. The van der Waals surface area contributed by atoms with E-state index in [1.165, 1.54) is 30.7 Å². The highest BCUT2D eigenvalue weighted by Gasteiger charge is 2.31. The Morgan fingerprint density at radius 3 is 2.82 bits per heavy atom. The van der Waals surface area contributed by atoms with Crippen LogP contribution in [0.1, 0.15) is 32.1 Å². The van der Waals surface area contributed by atoms with Crippen molar-refractivity contribution in [3.8, 4) is 0 Å². The molecule has 0 unspecified atom stereocenters. The summed E-state index contributed by atoms with van der Waals surface area (Å²) in [5.74, 6) is 1.03. The molecule has 0 saturated heterocycles. The molecule has 5 nitrogen and oxygen atoms in total. The Kier molecular flexibility index (Phi) is 2.59. The lowest BCUT2D eigenvalue weighted by Gasteiger charge is -2.08. The van der Waals surface area contributed by atoms with Gasteiger partial charge in [0.1, 0.15) is 0 Å². The minimum atomic E-state index is 0.00685. The molecule has 17 heavy (non-hydrogen) atoms. The minimum absolute atomic E-state index is 0.00685. The first kappa shape index (κ1) is 10.4. The number of anilines is 1. The fourth-order valence-electron chi connectivity index (χ4n) is 2.52. The maximum absolute atomic E-state index is 11.9. The summed E-state index contributed by atoms with van der Waals surface area (Å²) >= 11 is 0. The molecule has 1 aliphatic heterocycles. The Labute approximate surface area is 99.5 Å². The van der Waals surface area contributed by atoms with Crippen molar-refractivity contribution in [1.82, 2.24) is 10.2 Å². The summed E-state index contributed by atoms with van der Waals surface area (Å²) in [6, 6.07) is 3.52. The fraction of sp³-hybridized carbons (Fsp3) is 0.500. The van der Waals surface area contributed by atoms with Crippen LogP contribution in [0.15, 0.2) is 23.4 Å². The predicted octanol–water partition coefficient (Wildman–Crippen LogP) is 1.76. The van der Waals surface area contributed by atoms with Gasteiger partial charge in [0.15, 0.2) is 5.82 Å². The first-order valence-corrected chi connectivity index (χ1v) is 6.02. The Morgan fingerprint density at radius 2 is 2.12 bits per heavy atom. The third-order valence-electron chi connectivity index (χ3n) is 3.40. The summed E-state index contributed by atoms with van der Waals surface area (Å²) in [5, 5.41) is 13.5. The van der Waals surface area contributed by atoms with E-state index in [9.17, 15) is 4.79 Å². The van der Waals surface area contributed by atoms with Gasteiger partial charge < -0.3 is 0 Å². The van der Waals surface area contributed by atoms with Gasteiger partial charge in [-0.1, -0.05) is 12.8 Å². The molecule has 1 amide bonds. The third-order valence-corrected chi connectivity index (χ3v) is 3.40. The lowest BCUT2D eigenvalue weighted by molar-refractivity contribution is -0.117. The number of hydrogen-bond acceptors (Lipinski definition) is 4. The minimum Gasteiger partial charge on any atom is -0.272 e. The number of hydrazone groups is 1. The lowest BCUT2D eigenvalue weighted by atomic mass is 10.00. The topological polar surface area (TPSA) is 58.5 Å². The number of carbonyl (C=O) groups is 1. The van der Waals surface area contributed by atoms with E-state index >= 15 is 0 Å². The van der Waals surface area contributed by atoms with E-state index < -0.39 is 0 Å². The van der Waals surface area contributed by atoms with Crippen molar-refractivity contribution in [3.05, 3.63) is 18.3 Å². The molecule has 0 aromatic carbocycles. The maximum Gasteiger partial charge on any atom is 0.254 e. The lowest BCUT2D eigenvalue weighted by Crippen LogP contribution is -2.20. The molecule has 1 saturated carbocycles. The monoisotopic (exact) mass is 230 g/mol. The van der Waals surface area contributed by atoms with Gasteiger partial charge in [-0.2, -0.15) is 15.2 Å². The second kappa shape index (κ2) is 4.24. The van der Waals surface area contributed by atoms with Crippen LogP contribution in [0.25, 0.3) is 0 Å². The molecular weight excluding hydrogens is 216 g/mol. The van der Waals surface area contributed by atoms with Gasteiger partial charge in [-0.3, -0.25) is 4.79 Å². The first-order chi connectivity index (χ1) is 8.34. The van der Waals surface area contributed by atoms with Crippen LogP contribution in [-0.2, 0) is 4.79 Å². The van der Waals surface area contributed by atoms with E-state index in [1.807, 2.05) is 0 Å². The van der Waals surface area contributed by atoms with E-state index in [4.69, 9.17) is 0 Å². The Morgan fingerprint density at radius 1 is 1.29 bits per heavy atom. The van der Waals surface area contributed by atoms with Crippen molar-refractivity contribution < 1.29 is 4.79 Å². The Hall–Kier alpha value is -1.78. The van der Waals surface area contributed by atoms with Crippen molar-refractivity contribution in [3.63, 3.8) is 0 Å². The van der Waals surface area contributed by atoms with Crippen molar-refractivity contribution in [1.29, 1.82) is 0 Å². The van der Waals surface area contributed by atoms with Crippen molar-refractivity contribution in [2.24, 2.45) is 11.0 Å². The number of amides is 1. The molecule has 1 aliphatic carbocycles. The number of nitrogens with zero attached hydrogens (tertiary/aromatic N) is 4. The molecule has 0 atom stereocenters. The molecule has 1 fully saturated rings. The predicted molar refractivity (Wildman–Crippen MR) is 63.5 cm³/mol. The molecule has 0 N–H and O–H groups in total. The summed E-state index contributed by atoms with van der Waals surface area (Å²) in [4.78, 5) is 11.9. The second-order valence-corrected chi connectivity index (χ2v) is 4.54. The smallest absolute Gasteiger partial charge is 0.254 e. The molecule has 2 aliphatic rings. The van der Waals surface area contributed by atoms with Crippen LogP contribution in [0.5, 0.6) is 0 Å². The van der Waals surface area contributed by atoms with Crippen LogP contribution >= 0.6 is 0 Å². The average molecular weight is 230 g/mol. The zero-order chi connectivity index (χ0) is 11.7. The summed E-state index contributed by atoms with van der Waals surface area (Å²) in [6.07, 6.45) is 6.87. The zero-order valence-corrected chi connectivity index (χ0v) is 9.54. The standard InChI is InChI=1S/C12H14N4O/c17-12-8-10(9-4-1-2-5-9)15-16(12)11-6-3-7-13-14-11/h3,6-7,9H,1-2,4-5,8H2. The maximum atomic E-state index is 11.9. The molecule has 1 aromatic rings. The highest BCUT2D eigenvalue weighted by molar-refractivity contribution is 6.13. The first-order valence-electron chi connectivity index (χ1n) is 6.02. The molecule has 88 valence electrons. The van der Waals surface area contributed by atoms with Crippen molar-refractivity contribution in [2.75, 3.05) is 5.01 Å². The third kappa shape index (κ3) is 1.92. The Bertz CT molecular complexity index is 451. The van der Waals surface area contributed by atoms with Crippen LogP contribution in [0, 0.1) is 5.92 Å². The van der Waals surface area contributed by atoms with Gasteiger partial charge in [0, 0.05) is 6.20 Å². The summed E-state index contributed by atoms with van der Waals surface area (Å²) < 4.78 is 0. The highest BCUT2D eigenvalue weighted by Crippen LogP contribution is 2.30. The van der Waals surface area contributed by atoms with Crippen LogP contribution in [0.3, 0.4) is 0 Å². The van der Waals surface area contributed by atoms with Gasteiger partial charge in [0.2, 0.25) is 0 Å². The highest BCUT2D eigenvalue weighted by atomic mass is 16.2. The number of rotatable bonds is 2. The fourth-order valence-corrected chi connectivity index (χ4v) is 2.52. The largest absolute Gasteiger partial charge is 0.272 e. The van der Waals surface area contributed by atoms with E-state index in [0.29, 0.717) is 18.2 Å². The quantitative estimate of drug-likeness (QED) is 0.777. The van der Waals surface area contributed by atoms with E-state index in [-0.39, 0.29) is 5.91 Å². The number of aromatic nitrogens is 2.